The SMILES string of the molecule is CN.c1ccc(CCSCc2ccccc2)cc1. The molecule has 1 nitrogen and oxygen atoms in total. The van der Waals surface area contributed by atoms with E-state index in [1.165, 1.54) is 30.3 Å². The summed E-state index contributed by atoms with van der Waals surface area (Å²) in [6.07, 6.45) is 1.17. The number of hydrogen-bond donors (Lipinski definition) is 1. The quantitative estimate of drug-likeness (QED) is 0.828. The van der Waals surface area contributed by atoms with Gasteiger partial charge in [-0.25, -0.2) is 0 Å². The van der Waals surface area contributed by atoms with Crippen LogP contribution in [0.3, 0.4) is 0 Å². The molecule has 0 aromatic heterocycles. The van der Waals surface area contributed by atoms with Gasteiger partial charge in [0.25, 0.3) is 0 Å². The summed E-state index contributed by atoms with van der Waals surface area (Å²) in [6, 6.07) is 21.3. The van der Waals surface area contributed by atoms with Crippen molar-refractivity contribution in [3.05, 3.63) is 71.8 Å². The van der Waals surface area contributed by atoms with E-state index in [0.29, 0.717) is 0 Å². The van der Waals surface area contributed by atoms with Crippen LogP contribution in [-0.2, 0) is 12.2 Å². The molecule has 2 heteroatoms. The lowest BCUT2D eigenvalue weighted by molar-refractivity contribution is 1.15. The van der Waals surface area contributed by atoms with Gasteiger partial charge in [-0.05, 0) is 30.3 Å². The minimum atomic E-state index is 1.12. The molecule has 0 aliphatic rings. The van der Waals surface area contributed by atoms with Gasteiger partial charge in [-0.15, -0.1) is 0 Å². The molecular weight excluding hydrogens is 238 g/mol. The molecule has 0 saturated carbocycles. The monoisotopic (exact) mass is 259 g/mol. The van der Waals surface area contributed by atoms with Crippen LogP contribution in [0, 0.1) is 0 Å². The van der Waals surface area contributed by atoms with Crippen molar-refractivity contribution < 1.29 is 0 Å². The van der Waals surface area contributed by atoms with Gasteiger partial charge in [-0.3, -0.25) is 0 Å². The summed E-state index contributed by atoms with van der Waals surface area (Å²) in [5, 5.41) is 0. The second kappa shape index (κ2) is 9.75. The molecule has 0 atom stereocenters. The van der Waals surface area contributed by atoms with Crippen molar-refractivity contribution in [1.82, 2.24) is 0 Å². The minimum Gasteiger partial charge on any atom is -0.333 e. The van der Waals surface area contributed by atoms with Crippen molar-refractivity contribution in [2.24, 2.45) is 5.73 Å². The number of aryl methyl sites for hydroxylation is 1. The van der Waals surface area contributed by atoms with Gasteiger partial charge in [-0.1, -0.05) is 60.7 Å². The highest BCUT2D eigenvalue weighted by Gasteiger charge is 1.94. The maximum Gasteiger partial charge on any atom is 0.0184 e. The molecule has 0 saturated heterocycles. The summed E-state index contributed by atoms with van der Waals surface area (Å²) in [5.74, 6) is 2.31. The van der Waals surface area contributed by atoms with Crippen LogP contribution in [0.5, 0.6) is 0 Å². The van der Waals surface area contributed by atoms with Crippen molar-refractivity contribution >= 4 is 11.8 Å². The predicted octanol–water partition coefficient (Wildman–Crippen LogP) is 3.74. The Bertz CT molecular complexity index is 358. The standard InChI is InChI=1S/C15H16S.CH5N/c1-3-7-14(8-4-1)11-12-16-13-15-9-5-2-6-10-15;1-2/h1-10H,11-13H2;2H2,1H3. The summed E-state index contributed by atoms with van der Waals surface area (Å²) in [7, 11) is 1.50. The first kappa shape index (κ1) is 14.8. The number of thioether (sulfide) groups is 1. The van der Waals surface area contributed by atoms with E-state index in [2.05, 4.69) is 66.4 Å². The molecule has 2 rings (SSSR count). The first-order valence-corrected chi connectivity index (χ1v) is 7.34. The number of rotatable bonds is 5. The average molecular weight is 259 g/mol. The van der Waals surface area contributed by atoms with E-state index in [1.807, 2.05) is 11.8 Å². The molecule has 96 valence electrons. The molecule has 2 N–H and O–H groups in total. The molecule has 18 heavy (non-hydrogen) atoms. The topological polar surface area (TPSA) is 26.0 Å². The van der Waals surface area contributed by atoms with E-state index in [-0.39, 0.29) is 0 Å². The number of nitrogens with two attached hydrogens (primary N) is 1. The molecule has 2 aromatic rings. The maximum absolute atomic E-state index is 4.50. The minimum absolute atomic E-state index is 1.12. The maximum atomic E-state index is 4.50. The third kappa shape index (κ3) is 5.89. The predicted molar refractivity (Wildman–Crippen MR) is 82.9 cm³/mol. The van der Waals surface area contributed by atoms with Crippen LogP contribution in [0.15, 0.2) is 60.7 Å². The van der Waals surface area contributed by atoms with E-state index in [4.69, 9.17) is 0 Å². The first-order chi connectivity index (χ1) is 8.95. The average Bonchev–Trinajstić information content (AvgIpc) is 2.48. The van der Waals surface area contributed by atoms with Crippen LogP contribution in [0.1, 0.15) is 11.1 Å². The van der Waals surface area contributed by atoms with Gasteiger partial charge < -0.3 is 5.73 Å². The second-order valence-electron chi connectivity index (χ2n) is 3.77. The Hall–Kier alpha value is -1.25. The summed E-state index contributed by atoms with van der Waals surface area (Å²) in [6.45, 7) is 0. The molecule has 2 aromatic carbocycles. The number of hydrogen-bond acceptors (Lipinski definition) is 2. The highest BCUT2D eigenvalue weighted by atomic mass is 32.2. The highest BCUT2D eigenvalue weighted by Crippen LogP contribution is 2.13. The van der Waals surface area contributed by atoms with Crippen LogP contribution in [0.25, 0.3) is 0 Å². The second-order valence-corrected chi connectivity index (χ2v) is 4.88. The molecular formula is C16H21NS. The van der Waals surface area contributed by atoms with Crippen molar-refractivity contribution in [2.75, 3.05) is 12.8 Å². The van der Waals surface area contributed by atoms with E-state index < -0.39 is 0 Å². The molecule has 0 aliphatic heterocycles. The van der Waals surface area contributed by atoms with E-state index in [9.17, 15) is 0 Å². The van der Waals surface area contributed by atoms with Gasteiger partial charge >= 0.3 is 0 Å². The molecule has 0 heterocycles. The molecule has 0 bridgehead atoms. The fourth-order valence-electron chi connectivity index (χ4n) is 1.60. The summed E-state index contributed by atoms with van der Waals surface area (Å²) >= 11 is 2.00. The summed E-state index contributed by atoms with van der Waals surface area (Å²) in [5.41, 5.74) is 7.35. The molecule has 0 unspecified atom stereocenters. The van der Waals surface area contributed by atoms with Crippen molar-refractivity contribution in [3.63, 3.8) is 0 Å². The van der Waals surface area contributed by atoms with Gasteiger partial charge in [0.1, 0.15) is 0 Å². The van der Waals surface area contributed by atoms with Crippen LogP contribution in [0.4, 0.5) is 0 Å². The lowest BCUT2D eigenvalue weighted by Gasteiger charge is -2.02. The largest absolute Gasteiger partial charge is 0.333 e. The van der Waals surface area contributed by atoms with Crippen LogP contribution < -0.4 is 5.73 Å². The summed E-state index contributed by atoms with van der Waals surface area (Å²) < 4.78 is 0. The van der Waals surface area contributed by atoms with Gasteiger partial charge in [0, 0.05) is 5.75 Å². The molecule has 0 aliphatic carbocycles. The van der Waals surface area contributed by atoms with E-state index >= 15 is 0 Å². The van der Waals surface area contributed by atoms with Crippen molar-refractivity contribution in [1.29, 1.82) is 0 Å². The lowest BCUT2D eigenvalue weighted by Crippen LogP contribution is -1.88. The van der Waals surface area contributed by atoms with Crippen LogP contribution in [-0.4, -0.2) is 12.8 Å². The van der Waals surface area contributed by atoms with E-state index in [1.54, 1.807) is 0 Å². The Labute approximate surface area is 114 Å². The Kier molecular flexibility index (Phi) is 8.02. The lowest BCUT2D eigenvalue weighted by atomic mass is 10.2. The van der Waals surface area contributed by atoms with Gasteiger partial charge in [0.2, 0.25) is 0 Å². The third-order valence-electron chi connectivity index (χ3n) is 2.49. The van der Waals surface area contributed by atoms with Gasteiger partial charge in [0.05, 0.1) is 0 Å². The smallest absolute Gasteiger partial charge is 0.0184 e. The fourth-order valence-corrected chi connectivity index (χ4v) is 2.55. The van der Waals surface area contributed by atoms with Gasteiger partial charge in [0.15, 0.2) is 0 Å². The Morgan fingerprint density at radius 1 is 0.778 bits per heavy atom. The summed E-state index contributed by atoms with van der Waals surface area (Å²) in [4.78, 5) is 0. The van der Waals surface area contributed by atoms with Crippen molar-refractivity contribution in [3.8, 4) is 0 Å². The van der Waals surface area contributed by atoms with E-state index in [0.717, 1.165) is 5.75 Å². The zero-order valence-corrected chi connectivity index (χ0v) is 11.7. The van der Waals surface area contributed by atoms with Crippen molar-refractivity contribution in [2.45, 2.75) is 12.2 Å². The molecule has 0 spiro atoms. The first-order valence-electron chi connectivity index (χ1n) is 6.18. The molecule has 0 fully saturated rings. The van der Waals surface area contributed by atoms with Crippen LogP contribution in [0.2, 0.25) is 0 Å². The molecule has 0 radical (unpaired) electrons. The van der Waals surface area contributed by atoms with Crippen LogP contribution >= 0.6 is 11.8 Å². The molecule has 0 amide bonds. The Morgan fingerprint density at radius 2 is 1.28 bits per heavy atom. The highest BCUT2D eigenvalue weighted by molar-refractivity contribution is 7.98. The zero-order valence-electron chi connectivity index (χ0n) is 10.9. The van der Waals surface area contributed by atoms with Gasteiger partial charge in [-0.2, -0.15) is 11.8 Å². The normalized spacial score (nSPS) is 9.44. The number of benzene rings is 2. The fraction of sp³-hybridized carbons (Fsp3) is 0.250. The Balaban J connectivity index is 0.000000771. The Morgan fingerprint density at radius 3 is 1.83 bits per heavy atom. The zero-order chi connectivity index (χ0) is 13.1. The third-order valence-corrected chi connectivity index (χ3v) is 3.52.